The molecule has 62 valence electrons. The second-order valence-electron chi connectivity index (χ2n) is 2.13. The summed E-state index contributed by atoms with van der Waals surface area (Å²) in [7, 11) is -1.22. The zero-order chi connectivity index (χ0) is 8.10. The Morgan fingerprint density at radius 3 is 3.09 bits per heavy atom. The lowest BCUT2D eigenvalue weighted by molar-refractivity contribution is 0.306. The highest BCUT2D eigenvalue weighted by molar-refractivity contribution is 7.45. The van der Waals surface area contributed by atoms with Gasteiger partial charge >= 0.3 is 0 Å². The average Bonchev–Trinajstić information content (AvgIpc) is 2.39. The van der Waals surface area contributed by atoms with Crippen LogP contribution in [-0.2, 0) is 10.9 Å². The first-order valence-electron chi connectivity index (χ1n) is 3.37. The molecule has 1 rings (SSSR count). The quantitative estimate of drug-likeness (QED) is 0.707. The molecule has 0 fully saturated rings. The molecule has 0 bridgehead atoms. The molecule has 1 aromatic rings. The highest BCUT2D eigenvalue weighted by atomic mass is 31.2. The smallest absolute Gasteiger partial charge is 0.164 e. The van der Waals surface area contributed by atoms with Gasteiger partial charge in [0.15, 0.2) is 8.38 Å². The summed E-state index contributed by atoms with van der Waals surface area (Å²) in [5.41, 5.74) is 0. The highest BCUT2D eigenvalue weighted by Gasteiger charge is 1.98. The van der Waals surface area contributed by atoms with Crippen molar-refractivity contribution < 1.29 is 13.8 Å². The zero-order valence-electron chi connectivity index (χ0n) is 6.36. The standard InChI is InChI=1S/C7H11O3P/c1-11(8)10-6-4-7-3-2-5-9-7/h2-3,5,8H,4,6H2,1H3. The van der Waals surface area contributed by atoms with Crippen LogP contribution >= 0.6 is 8.38 Å². The minimum Gasteiger partial charge on any atom is -0.469 e. The molecule has 0 aliphatic rings. The Morgan fingerprint density at radius 2 is 2.55 bits per heavy atom. The lowest BCUT2D eigenvalue weighted by atomic mass is 10.3. The van der Waals surface area contributed by atoms with Gasteiger partial charge in [0.1, 0.15) is 5.76 Å². The third-order valence-corrected chi connectivity index (χ3v) is 1.76. The summed E-state index contributed by atoms with van der Waals surface area (Å²) in [6.07, 6.45) is 2.35. The van der Waals surface area contributed by atoms with E-state index in [1.54, 1.807) is 12.9 Å². The maximum absolute atomic E-state index is 8.79. The van der Waals surface area contributed by atoms with Gasteiger partial charge in [0.2, 0.25) is 0 Å². The first-order chi connectivity index (χ1) is 5.29. The third-order valence-electron chi connectivity index (χ3n) is 1.21. The maximum atomic E-state index is 8.79. The molecule has 0 radical (unpaired) electrons. The van der Waals surface area contributed by atoms with Gasteiger partial charge in [-0.05, 0) is 12.1 Å². The van der Waals surface area contributed by atoms with Crippen molar-refractivity contribution in [3.8, 4) is 0 Å². The Balaban J connectivity index is 2.14. The largest absolute Gasteiger partial charge is 0.469 e. The van der Waals surface area contributed by atoms with E-state index in [1.165, 1.54) is 0 Å². The Bertz CT molecular complexity index is 184. The van der Waals surface area contributed by atoms with E-state index in [1.807, 2.05) is 12.1 Å². The molecule has 1 aromatic heterocycles. The molecule has 0 saturated heterocycles. The molecule has 1 N–H and O–H groups in total. The second-order valence-corrected chi connectivity index (χ2v) is 3.31. The lowest BCUT2D eigenvalue weighted by Crippen LogP contribution is -1.92. The molecule has 4 heteroatoms. The van der Waals surface area contributed by atoms with Crippen LogP contribution in [0.5, 0.6) is 0 Å². The predicted molar refractivity (Wildman–Crippen MR) is 43.4 cm³/mol. The summed E-state index contributed by atoms with van der Waals surface area (Å²) in [5, 5.41) is 0. The van der Waals surface area contributed by atoms with Gasteiger partial charge in [-0.2, -0.15) is 0 Å². The van der Waals surface area contributed by atoms with Crippen molar-refractivity contribution in [2.75, 3.05) is 13.3 Å². The van der Waals surface area contributed by atoms with Crippen molar-refractivity contribution in [3.05, 3.63) is 24.2 Å². The van der Waals surface area contributed by atoms with Gasteiger partial charge in [0.25, 0.3) is 0 Å². The highest BCUT2D eigenvalue weighted by Crippen LogP contribution is 2.24. The Hall–Kier alpha value is -0.370. The molecule has 0 aliphatic carbocycles. The topological polar surface area (TPSA) is 42.6 Å². The molecule has 1 atom stereocenters. The molecule has 0 aromatic carbocycles. The summed E-state index contributed by atoms with van der Waals surface area (Å²) in [6, 6.07) is 3.72. The molecule has 0 aliphatic heterocycles. The van der Waals surface area contributed by atoms with E-state index >= 15 is 0 Å². The minimum absolute atomic E-state index is 0.520. The lowest BCUT2D eigenvalue weighted by Gasteiger charge is -2.02. The molecule has 3 nitrogen and oxygen atoms in total. The Morgan fingerprint density at radius 1 is 1.73 bits per heavy atom. The molecular weight excluding hydrogens is 163 g/mol. The fourth-order valence-corrected chi connectivity index (χ4v) is 1.09. The van der Waals surface area contributed by atoms with E-state index in [4.69, 9.17) is 13.8 Å². The van der Waals surface area contributed by atoms with E-state index < -0.39 is 8.38 Å². The monoisotopic (exact) mass is 174 g/mol. The third kappa shape index (κ3) is 3.51. The van der Waals surface area contributed by atoms with Crippen LogP contribution in [0.15, 0.2) is 22.8 Å². The Kier molecular flexibility index (Phi) is 3.57. The van der Waals surface area contributed by atoms with Crippen LogP contribution in [0.4, 0.5) is 0 Å². The van der Waals surface area contributed by atoms with Gasteiger partial charge in [-0.25, -0.2) is 0 Å². The van der Waals surface area contributed by atoms with Gasteiger partial charge in [-0.3, -0.25) is 0 Å². The predicted octanol–water partition coefficient (Wildman–Crippen LogP) is 1.77. The maximum Gasteiger partial charge on any atom is 0.164 e. The van der Waals surface area contributed by atoms with E-state index in [0.717, 1.165) is 12.2 Å². The molecule has 1 unspecified atom stereocenters. The summed E-state index contributed by atoms with van der Waals surface area (Å²) in [6.45, 7) is 2.17. The van der Waals surface area contributed by atoms with E-state index in [-0.39, 0.29) is 0 Å². The fraction of sp³-hybridized carbons (Fsp3) is 0.429. The van der Waals surface area contributed by atoms with Crippen LogP contribution in [0, 0.1) is 0 Å². The van der Waals surface area contributed by atoms with Gasteiger partial charge < -0.3 is 13.8 Å². The van der Waals surface area contributed by atoms with E-state index in [0.29, 0.717) is 6.61 Å². The van der Waals surface area contributed by atoms with Crippen LogP contribution in [0.3, 0.4) is 0 Å². The van der Waals surface area contributed by atoms with Gasteiger partial charge in [0.05, 0.1) is 12.9 Å². The van der Waals surface area contributed by atoms with Crippen molar-refractivity contribution in [2.45, 2.75) is 6.42 Å². The summed E-state index contributed by atoms with van der Waals surface area (Å²) in [5.74, 6) is 0.891. The van der Waals surface area contributed by atoms with Gasteiger partial charge in [-0.15, -0.1) is 0 Å². The van der Waals surface area contributed by atoms with Crippen molar-refractivity contribution >= 4 is 8.38 Å². The van der Waals surface area contributed by atoms with Crippen molar-refractivity contribution in [3.63, 3.8) is 0 Å². The minimum atomic E-state index is -1.22. The summed E-state index contributed by atoms with van der Waals surface area (Å²) >= 11 is 0. The van der Waals surface area contributed by atoms with Gasteiger partial charge in [-0.1, -0.05) is 0 Å². The van der Waals surface area contributed by atoms with Crippen LogP contribution in [0.25, 0.3) is 0 Å². The molecule has 11 heavy (non-hydrogen) atoms. The van der Waals surface area contributed by atoms with Crippen LogP contribution in [0.2, 0.25) is 0 Å². The van der Waals surface area contributed by atoms with Gasteiger partial charge in [0, 0.05) is 13.1 Å². The molecule has 0 amide bonds. The summed E-state index contributed by atoms with van der Waals surface area (Å²) < 4.78 is 10.0. The number of hydrogen-bond donors (Lipinski definition) is 1. The van der Waals surface area contributed by atoms with E-state index in [9.17, 15) is 0 Å². The first kappa shape index (κ1) is 8.72. The second kappa shape index (κ2) is 4.50. The van der Waals surface area contributed by atoms with Crippen molar-refractivity contribution in [1.29, 1.82) is 0 Å². The Labute approximate surface area is 66.9 Å². The molecular formula is C7H11O3P. The zero-order valence-corrected chi connectivity index (χ0v) is 7.25. The molecule has 1 heterocycles. The number of rotatable bonds is 4. The van der Waals surface area contributed by atoms with E-state index in [2.05, 4.69) is 0 Å². The van der Waals surface area contributed by atoms with Crippen LogP contribution < -0.4 is 0 Å². The average molecular weight is 174 g/mol. The van der Waals surface area contributed by atoms with Crippen LogP contribution in [0.1, 0.15) is 5.76 Å². The number of furan rings is 1. The SMILES string of the molecule is CP(O)OCCc1ccco1. The van der Waals surface area contributed by atoms with Crippen molar-refractivity contribution in [1.82, 2.24) is 0 Å². The first-order valence-corrected chi connectivity index (χ1v) is 5.03. The fourth-order valence-electron chi connectivity index (χ4n) is 0.733. The molecule has 0 spiro atoms. The normalized spacial score (nSPS) is 13.3. The van der Waals surface area contributed by atoms with Crippen molar-refractivity contribution in [2.24, 2.45) is 0 Å². The summed E-state index contributed by atoms with van der Waals surface area (Å²) in [4.78, 5) is 8.79. The number of hydrogen-bond acceptors (Lipinski definition) is 3. The molecule has 0 saturated carbocycles. The van der Waals surface area contributed by atoms with Crippen LogP contribution in [-0.4, -0.2) is 18.2 Å².